The fourth-order valence-electron chi connectivity index (χ4n) is 2.80. The maximum Gasteiger partial charge on any atom is 0.258 e. The zero-order valence-corrected chi connectivity index (χ0v) is 12.2. The molecule has 0 fully saturated rings. The molecule has 0 saturated carbocycles. The van der Waals surface area contributed by atoms with Crippen LogP contribution in [0.25, 0.3) is 0 Å². The summed E-state index contributed by atoms with van der Waals surface area (Å²) in [4.78, 5) is 12.1. The van der Waals surface area contributed by atoms with Gasteiger partial charge in [0.05, 0.1) is 12.1 Å². The lowest BCUT2D eigenvalue weighted by Gasteiger charge is -2.31. The minimum Gasteiger partial charge on any atom is -0.484 e. The smallest absolute Gasteiger partial charge is 0.258 e. The highest BCUT2D eigenvalue weighted by Gasteiger charge is 2.29. The number of fused-ring (bicyclic) bond motifs is 1. The second-order valence-corrected chi connectivity index (χ2v) is 5.45. The highest BCUT2D eigenvalue weighted by molar-refractivity contribution is 5.78. The lowest BCUT2D eigenvalue weighted by molar-refractivity contribution is -0.124. The average molecular weight is 297 g/mol. The van der Waals surface area contributed by atoms with Crippen LogP contribution in [0.15, 0.2) is 54.6 Å². The number of aliphatic hydroxyl groups is 1. The van der Waals surface area contributed by atoms with E-state index in [0.29, 0.717) is 12.2 Å². The van der Waals surface area contributed by atoms with Crippen molar-refractivity contribution in [1.29, 1.82) is 0 Å². The Kier molecular flexibility index (Phi) is 4.39. The number of para-hydroxylation sites is 1. The second-order valence-electron chi connectivity index (χ2n) is 5.45. The van der Waals surface area contributed by atoms with Crippen LogP contribution in [0.2, 0.25) is 0 Å². The SMILES string of the molecule is O=C(COc1ccccc1)N[C@H]1c2ccccc2CC[C@H]1O. The van der Waals surface area contributed by atoms with Gasteiger partial charge >= 0.3 is 0 Å². The number of amides is 1. The van der Waals surface area contributed by atoms with Crippen molar-refractivity contribution < 1.29 is 14.6 Å². The Morgan fingerprint density at radius 3 is 2.68 bits per heavy atom. The van der Waals surface area contributed by atoms with Crippen LogP contribution >= 0.6 is 0 Å². The summed E-state index contributed by atoms with van der Waals surface area (Å²) in [6.45, 7) is -0.0601. The molecule has 0 heterocycles. The minimum absolute atomic E-state index is 0.0601. The summed E-state index contributed by atoms with van der Waals surface area (Å²) in [5, 5.41) is 13.1. The van der Waals surface area contributed by atoms with Gasteiger partial charge in [0.15, 0.2) is 6.61 Å². The molecule has 0 aliphatic heterocycles. The number of carbonyl (C=O) groups excluding carboxylic acids is 1. The van der Waals surface area contributed by atoms with E-state index in [1.807, 2.05) is 42.5 Å². The van der Waals surface area contributed by atoms with Crippen molar-refractivity contribution >= 4 is 5.91 Å². The van der Waals surface area contributed by atoms with E-state index in [1.165, 1.54) is 5.56 Å². The molecule has 4 nitrogen and oxygen atoms in total. The summed E-state index contributed by atoms with van der Waals surface area (Å²) in [6.07, 6.45) is 0.932. The van der Waals surface area contributed by atoms with Crippen LogP contribution in [-0.2, 0) is 11.2 Å². The molecule has 2 N–H and O–H groups in total. The molecular weight excluding hydrogens is 278 g/mol. The Bertz CT molecular complexity index is 642. The summed E-state index contributed by atoms with van der Waals surface area (Å²) in [5.41, 5.74) is 2.18. The minimum atomic E-state index is -0.560. The van der Waals surface area contributed by atoms with E-state index in [9.17, 15) is 9.90 Å². The molecule has 2 aromatic carbocycles. The quantitative estimate of drug-likeness (QED) is 0.910. The standard InChI is InChI=1S/C18H19NO3/c20-16-11-10-13-6-4-5-9-15(13)18(16)19-17(21)12-22-14-7-2-1-3-8-14/h1-9,16,18,20H,10-12H2,(H,19,21)/t16-,18+/m1/s1. The molecule has 3 rings (SSSR count). The van der Waals surface area contributed by atoms with Gasteiger partial charge in [-0.05, 0) is 36.1 Å². The van der Waals surface area contributed by atoms with Gasteiger partial charge < -0.3 is 15.2 Å². The molecule has 1 amide bonds. The van der Waals surface area contributed by atoms with Crippen molar-refractivity contribution in [3.8, 4) is 5.75 Å². The van der Waals surface area contributed by atoms with Crippen molar-refractivity contribution in [2.75, 3.05) is 6.61 Å². The predicted octanol–water partition coefficient (Wildman–Crippen LogP) is 2.23. The molecule has 2 aromatic rings. The van der Waals surface area contributed by atoms with E-state index in [1.54, 1.807) is 12.1 Å². The van der Waals surface area contributed by atoms with E-state index in [-0.39, 0.29) is 18.6 Å². The number of hydrogen-bond donors (Lipinski definition) is 2. The summed E-state index contributed by atoms with van der Waals surface area (Å²) in [5.74, 6) is 0.423. The van der Waals surface area contributed by atoms with Crippen molar-refractivity contribution in [3.63, 3.8) is 0 Å². The normalized spacial score (nSPS) is 20.0. The number of nitrogens with one attached hydrogen (secondary N) is 1. The van der Waals surface area contributed by atoms with Crippen molar-refractivity contribution in [2.45, 2.75) is 25.0 Å². The lowest BCUT2D eigenvalue weighted by Crippen LogP contribution is -2.41. The van der Waals surface area contributed by atoms with Gasteiger partial charge in [0, 0.05) is 0 Å². The molecule has 4 heteroatoms. The molecule has 1 aliphatic carbocycles. The van der Waals surface area contributed by atoms with Crippen LogP contribution < -0.4 is 10.1 Å². The van der Waals surface area contributed by atoms with Crippen LogP contribution in [0.3, 0.4) is 0 Å². The number of benzene rings is 2. The number of ether oxygens (including phenoxy) is 1. The van der Waals surface area contributed by atoms with Gasteiger partial charge in [-0.3, -0.25) is 4.79 Å². The first-order valence-electron chi connectivity index (χ1n) is 7.47. The highest BCUT2D eigenvalue weighted by Crippen LogP contribution is 2.29. The number of hydrogen-bond acceptors (Lipinski definition) is 3. The maximum atomic E-state index is 12.1. The molecule has 0 unspecified atom stereocenters. The van der Waals surface area contributed by atoms with Crippen molar-refractivity contribution in [2.24, 2.45) is 0 Å². The third-order valence-electron chi connectivity index (χ3n) is 3.91. The van der Waals surface area contributed by atoms with E-state index >= 15 is 0 Å². The Morgan fingerprint density at radius 2 is 1.86 bits per heavy atom. The molecule has 1 aliphatic rings. The first kappa shape index (κ1) is 14.6. The molecular formula is C18H19NO3. The molecule has 0 aromatic heterocycles. The van der Waals surface area contributed by atoms with E-state index in [2.05, 4.69) is 5.32 Å². The maximum absolute atomic E-state index is 12.1. The monoisotopic (exact) mass is 297 g/mol. The van der Waals surface area contributed by atoms with Gasteiger partial charge in [0.1, 0.15) is 5.75 Å². The largest absolute Gasteiger partial charge is 0.484 e. The fourth-order valence-corrected chi connectivity index (χ4v) is 2.80. The van der Waals surface area contributed by atoms with Crippen molar-refractivity contribution in [3.05, 3.63) is 65.7 Å². The van der Waals surface area contributed by atoms with Crippen LogP contribution in [-0.4, -0.2) is 23.7 Å². The van der Waals surface area contributed by atoms with E-state index in [4.69, 9.17) is 4.74 Å². The van der Waals surface area contributed by atoms with Crippen LogP contribution in [0.1, 0.15) is 23.6 Å². The Hall–Kier alpha value is -2.33. The van der Waals surface area contributed by atoms with Gasteiger partial charge in [-0.25, -0.2) is 0 Å². The second kappa shape index (κ2) is 6.62. The first-order chi connectivity index (χ1) is 10.7. The number of aliphatic hydroxyl groups excluding tert-OH is 1. The zero-order valence-electron chi connectivity index (χ0n) is 12.2. The molecule has 0 saturated heterocycles. The van der Waals surface area contributed by atoms with Gasteiger partial charge in [-0.2, -0.15) is 0 Å². The third-order valence-corrected chi connectivity index (χ3v) is 3.91. The topological polar surface area (TPSA) is 58.6 Å². The number of rotatable bonds is 4. The Morgan fingerprint density at radius 1 is 1.14 bits per heavy atom. The van der Waals surface area contributed by atoms with Crippen LogP contribution in [0, 0.1) is 0 Å². The summed E-state index contributed by atoms with van der Waals surface area (Å²) >= 11 is 0. The van der Waals surface area contributed by atoms with Crippen molar-refractivity contribution in [1.82, 2.24) is 5.32 Å². The van der Waals surface area contributed by atoms with E-state index in [0.717, 1.165) is 12.0 Å². The molecule has 114 valence electrons. The first-order valence-corrected chi connectivity index (χ1v) is 7.47. The summed E-state index contributed by atoms with van der Waals surface area (Å²) in [7, 11) is 0. The average Bonchev–Trinajstić information content (AvgIpc) is 2.56. The zero-order chi connectivity index (χ0) is 15.4. The summed E-state index contributed by atoms with van der Waals surface area (Å²) < 4.78 is 5.44. The van der Waals surface area contributed by atoms with Gasteiger partial charge in [0.2, 0.25) is 0 Å². The lowest BCUT2D eigenvalue weighted by atomic mass is 9.85. The fraction of sp³-hybridized carbons (Fsp3) is 0.278. The Balaban J connectivity index is 1.64. The number of carbonyl (C=O) groups is 1. The van der Waals surface area contributed by atoms with Crippen LogP contribution in [0.4, 0.5) is 0 Å². The van der Waals surface area contributed by atoms with Gasteiger partial charge in [0.25, 0.3) is 5.91 Å². The predicted molar refractivity (Wildman–Crippen MR) is 83.6 cm³/mol. The number of aryl methyl sites for hydroxylation is 1. The molecule has 0 spiro atoms. The van der Waals surface area contributed by atoms with Gasteiger partial charge in [-0.1, -0.05) is 42.5 Å². The molecule has 0 bridgehead atoms. The third kappa shape index (κ3) is 3.28. The van der Waals surface area contributed by atoms with Gasteiger partial charge in [-0.15, -0.1) is 0 Å². The van der Waals surface area contributed by atoms with E-state index < -0.39 is 6.10 Å². The van der Waals surface area contributed by atoms with Crippen LogP contribution in [0.5, 0.6) is 5.75 Å². The highest BCUT2D eigenvalue weighted by atomic mass is 16.5. The Labute approximate surface area is 129 Å². The molecule has 22 heavy (non-hydrogen) atoms. The summed E-state index contributed by atoms with van der Waals surface area (Å²) in [6, 6.07) is 16.8. The molecule has 0 radical (unpaired) electrons. The molecule has 2 atom stereocenters.